The largest absolute Gasteiger partial charge is 0.469 e. The Bertz CT molecular complexity index is 964. The van der Waals surface area contributed by atoms with Gasteiger partial charge in [0.15, 0.2) is 0 Å². The van der Waals surface area contributed by atoms with E-state index in [1.807, 2.05) is 37.3 Å². The summed E-state index contributed by atoms with van der Waals surface area (Å²) in [5.41, 5.74) is 1.79. The summed E-state index contributed by atoms with van der Waals surface area (Å²) in [5, 5.41) is 0. The van der Waals surface area contributed by atoms with Crippen LogP contribution in [0.3, 0.4) is 0 Å². The standard InChI is InChI=1S/C31H44O9/c1-22(16-29(32)35-2)8-5-4-6-9-25-13-15-37-14-12-24-10-7-11-26(38-24)20-27-17-23(19-30(33)36-3)18-28(39-27)21-31(34)40-25/h4-6,8-9,19,24-28H,7,10-18,20-21H2,1-3H3/b5-4-,9-6+,22-8+,23-19-. The number of ether oxygens (including phenoxy) is 6. The number of allylic oxidation sites excluding steroid dienone is 4. The number of carbonyl (C=O) groups excluding carboxylic acids is 3. The van der Waals surface area contributed by atoms with Gasteiger partial charge in [0.2, 0.25) is 0 Å². The highest BCUT2D eigenvalue weighted by Gasteiger charge is 2.32. The van der Waals surface area contributed by atoms with Gasteiger partial charge in [-0.2, -0.15) is 0 Å². The zero-order chi connectivity index (χ0) is 28.7. The van der Waals surface area contributed by atoms with Crippen LogP contribution in [0.5, 0.6) is 0 Å². The molecule has 0 aromatic carbocycles. The molecule has 0 aromatic heterocycles. The molecule has 4 bridgehead atoms. The van der Waals surface area contributed by atoms with Gasteiger partial charge in [-0.1, -0.05) is 35.5 Å². The second kappa shape index (κ2) is 17.1. The van der Waals surface area contributed by atoms with E-state index in [1.165, 1.54) is 20.3 Å². The molecular weight excluding hydrogens is 516 g/mol. The molecule has 0 saturated carbocycles. The van der Waals surface area contributed by atoms with Crippen LogP contribution in [-0.2, 0) is 42.8 Å². The van der Waals surface area contributed by atoms with Crippen molar-refractivity contribution in [2.75, 3.05) is 27.4 Å². The zero-order valence-electron chi connectivity index (χ0n) is 24.0. The molecule has 3 saturated heterocycles. The molecule has 9 nitrogen and oxygen atoms in total. The maximum absolute atomic E-state index is 13.0. The van der Waals surface area contributed by atoms with E-state index >= 15 is 0 Å². The number of hydrogen-bond acceptors (Lipinski definition) is 9. The van der Waals surface area contributed by atoms with Crippen LogP contribution in [0, 0.1) is 0 Å². The summed E-state index contributed by atoms with van der Waals surface area (Å²) in [7, 11) is 2.72. The lowest BCUT2D eigenvalue weighted by Crippen LogP contribution is -2.37. The molecule has 3 aliphatic rings. The Hall–Kier alpha value is -2.75. The number of cyclic esters (lactones) is 1. The minimum atomic E-state index is -0.468. The first-order valence-corrected chi connectivity index (χ1v) is 14.3. The van der Waals surface area contributed by atoms with Gasteiger partial charge in [0.05, 0.1) is 58.1 Å². The Labute approximate surface area is 237 Å². The fourth-order valence-electron chi connectivity index (χ4n) is 5.24. The van der Waals surface area contributed by atoms with Crippen molar-refractivity contribution >= 4 is 17.9 Å². The van der Waals surface area contributed by atoms with Gasteiger partial charge in [-0.05, 0) is 51.5 Å². The van der Waals surface area contributed by atoms with Crippen LogP contribution in [0.15, 0.2) is 47.6 Å². The molecule has 5 unspecified atom stereocenters. The molecule has 40 heavy (non-hydrogen) atoms. The van der Waals surface area contributed by atoms with E-state index in [9.17, 15) is 14.4 Å². The van der Waals surface area contributed by atoms with E-state index in [1.54, 1.807) is 0 Å². The van der Waals surface area contributed by atoms with Gasteiger partial charge in [-0.25, -0.2) is 4.79 Å². The average Bonchev–Trinajstić information content (AvgIpc) is 2.91. The third-order valence-electron chi connectivity index (χ3n) is 7.24. The van der Waals surface area contributed by atoms with Gasteiger partial charge in [-0.3, -0.25) is 9.59 Å². The van der Waals surface area contributed by atoms with Crippen molar-refractivity contribution in [3.63, 3.8) is 0 Å². The first-order chi connectivity index (χ1) is 19.3. The molecule has 3 heterocycles. The molecule has 0 spiro atoms. The van der Waals surface area contributed by atoms with Crippen molar-refractivity contribution in [2.24, 2.45) is 0 Å². The molecule has 0 N–H and O–H groups in total. The number of carbonyl (C=O) groups is 3. The molecular formula is C31H44O9. The first-order valence-electron chi connectivity index (χ1n) is 14.3. The van der Waals surface area contributed by atoms with Crippen molar-refractivity contribution in [1.82, 2.24) is 0 Å². The second-order valence-electron chi connectivity index (χ2n) is 10.6. The lowest BCUT2D eigenvalue weighted by Gasteiger charge is -2.36. The molecule has 0 aliphatic carbocycles. The SMILES string of the molecule is COC(=O)/C=C1\CC2CC(=O)OC(/C=C/C=C\C=C(/C)CC(=O)OC)CCOCCC3CCCC(CC(C1)O2)O3. The van der Waals surface area contributed by atoms with E-state index in [0.717, 1.165) is 36.8 Å². The number of fused-ring (bicyclic) bond motifs is 4. The van der Waals surface area contributed by atoms with Gasteiger partial charge in [0.25, 0.3) is 0 Å². The van der Waals surface area contributed by atoms with Crippen molar-refractivity contribution in [1.29, 1.82) is 0 Å². The minimum Gasteiger partial charge on any atom is -0.469 e. The summed E-state index contributed by atoms with van der Waals surface area (Å²) in [6.45, 7) is 2.89. The quantitative estimate of drug-likeness (QED) is 0.198. The summed E-state index contributed by atoms with van der Waals surface area (Å²) in [6, 6.07) is 0. The van der Waals surface area contributed by atoms with E-state index in [2.05, 4.69) is 4.74 Å². The third kappa shape index (κ3) is 11.8. The van der Waals surface area contributed by atoms with Crippen LogP contribution >= 0.6 is 0 Å². The molecule has 0 amide bonds. The van der Waals surface area contributed by atoms with Gasteiger partial charge < -0.3 is 28.4 Å². The Morgan fingerprint density at radius 1 is 0.875 bits per heavy atom. The van der Waals surface area contributed by atoms with Gasteiger partial charge in [-0.15, -0.1) is 0 Å². The van der Waals surface area contributed by atoms with Crippen LogP contribution in [0.4, 0.5) is 0 Å². The summed E-state index contributed by atoms with van der Waals surface area (Å²) >= 11 is 0. The topological polar surface area (TPSA) is 107 Å². The first kappa shape index (κ1) is 31.8. The predicted molar refractivity (Wildman–Crippen MR) is 148 cm³/mol. The fraction of sp³-hybridized carbons (Fsp3) is 0.645. The third-order valence-corrected chi connectivity index (χ3v) is 7.24. The Morgan fingerprint density at radius 2 is 1.62 bits per heavy atom. The molecule has 222 valence electrons. The zero-order valence-corrected chi connectivity index (χ0v) is 24.0. The summed E-state index contributed by atoms with van der Waals surface area (Å²) in [5.74, 6) is -1.05. The van der Waals surface area contributed by atoms with Crippen LogP contribution in [0.2, 0.25) is 0 Å². The second-order valence-corrected chi connectivity index (χ2v) is 10.6. The Morgan fingerprint density at radius 3 is 2.42 bits per heavy atom. The monoisotopic (exact) mass is 560 g/mol. The van der Waals surface area contributed by atoms with Crippen LogP contribution in [0.1, 0.15) is 71.1 Å². The van der Waals surface area contributed by atoms with E-state index < -0.39 is 18.2 Å². The fourth-order valence-corrected chi connectivity index (χ4v) is 5.24. The summed E-state index contributed by atoms with van der Waals surface area (Å²) in [4.78, 5) is 36.3. The number of hydrogen-bond donors (Lipinski definition) is 0. The Balaban J connectivity index is 1.68. The molecule has 0 radical (unpaired) electrons. The predicted octanol–water partition coefficient (Wildman–Crippen LogP) is 4.70. The maximum Gasteiger partial charge on any atom is 0.330 e. The lowest BCUT2D eigenvalue weighted by molar-refractivity contribution is -0.154. The molecule has 3 fully saturated rings. The van der Waals surface area contributed by atoms with Crippen molar-refractivity contribution < 1.29 is 42.8 Å². The van der Waals surface area contributed by atoms with Gasteiger partial charge in [0.1, 0.15) is 6.10 Å². The number of esters is 3. The highest BCUT2D eigenvalue weighted by molar-refractivity contribution is 5.82. The smallest absolute Gasteiger partial charge is 0.330 e. The van der Waals surface area contributed by atoms with E-state index in [-0.39, 0.29) is 43.1 Å². The molecule has 3 aliphatic heterocycles. The molecule has 3 rings (SSSR count). The minimum absolute atomic E-state index is 0.0830. The van der Waals surface area contributed by atoms with Crippen LogP contribution < -0.4 is 0 Å². The van der Waals surface area contributed by atoms with E-state index in [0.29, 0.717) is 38.9 Å². The van der Waals surface area contributed by atoms with Crippen LogP contribution in [-0.4, -0.2) is 75.9 Å². The maximum atomic E-state index is 13.0. The Kier molecular flexibility index (Phi) is 13.6. The van der Waals surface area contributed by atoms with Crippen molar-refractivity contribution in [3.8, 4) is 0 Å². The van der Waals surface area contributed by atoms with Gasteiger partial charge in [0, 0.05) is 25.5 Å². The molecule has 0 aromatic rings. The molecule has 5 atom stereocenters. The summed E-state index contributed by atoms with van der Waals surface area (Å²) in [6.07, 6.45) is 16.4. The van der Waals surface area contributed by atoms with E-state index in [4.69, 9.17) is 23.7 Å². The summed E-state index contributed by atoms with van der Waals surface area (Å²) < 4.78 is 33.9. The highest BCUT2D eigenvalue weighted by atomic mass is 16.6. The average molecular weight is 561 g/mol. The molecule has 9 heteroatoms. The van der Waals surface area contributed by atoms with Gasteiger partial charge >= 0.3 is 17.9 Å². The van der Waals surface area contributed by atoms with Crippen molar-refractivity contribution in [3.05, 3.63) is 47.6 Å². The van der Waals surface area contributed by atoms with Crippen LogP contribution in [0.25, 0.3) is 0 Å². The number of methoxy groups -OCH3 is 2. The lowest BCUT2D eigenvalue weighted by atomic mass is 9.91. The number of rotatable bonds is 6. The normalized spacial score (nSPS) is 30.3. The van der Waals surface area contributed by atoms with Crippen molar-refractivity contribution in [2.45, 2.75) is 102 Å². The highest BCUT2D eigenvalue weighted by Crippen LogP contribution is 2.32.